The van der Waals surface area contributed by atoms with E-state index in [0.29, 0.717) is 26.2 Å². The number of benzene rings is 1. The number of carbonyl (C=O) groups is 1. The van der Waals surface area contributed by atoms with Crippen LogP contribution in [0.5, 0.6) is 5.75 Å². The van der Waals surface area contributed by atoms with Gasteiger partial charge in [0.15, 0.2) is 0 Å². The highest BCUT2D eigenvalue weighted by molar-refractivity contribution is 5.78. The van der Waals surface area contributed by atoms with Gasteiger partial charge in [0.2, 0.25) is 5.91 Å². The molecule has 25 heavy (non-hydrogen) atoms. The van der Waals surface area contributed by atoms with Crippen LogP contribution in [0.3, 0.4) is 0 Å². The van der Waals surface area contributed by atoms with Gasteiger partial charge in [-0.05, 0) is 50.4 Å². The van der Waals surface area contributed by atoms with Crippen LogP contribution in [0.2, 0.25) is 0 Å². The number of anilines is 1. The van der Waals surface area contributed by atoms with E-state index in [1.807, 2.05) is 48.0 Å². The number of hydrogen-bond donors (Lipinski definition) is 1. The predicted molar refractivity (Wildman–Crippen MR) is 96.7 cm³/mol. The number of aromatic hydroxyl groups is 1. The Morgan fingerprint density at radius 2 is 1.80 bits per heavy atom. The molecule has 1 N–H and O–H groups in total. The van der Waals surface area contributed by atoms with Crippen molar-refractivity contribution >= 4 is 11.6 Å². The maximum atomic E-state index is 12.5. The molecule has 6 heteroatoms. The second-order valence-corrected chi connectivity index (χ2v) is 6.57. The molecule has 1 amide bonds. The van der Waals surface area contributed by atoms with Crippen LogP contribution in [0.25, 0.3) is 0 Å². The van der Waals surface area contributed by atoms with Gasteiger partial charge in [-0.3, -0.25) is 9.69 Å². The van der Waals surface area contributed by atoms with Crippen molar-refractivity contribution in [2.45, 2.75) is 13.5 Å². The van der Waals surface area contributed by atoms with Gasteiger partial charge in [-0.25, -0.2) is 0 Å². The standard InChI is InChI=1S/C19H25N3O3/c1-15-3-8-18(25-15)13-20(2)14-19(24)22-11-9-21(10-12-22)16-4-6-17(23)7-5-16/h3-8,23H,9-14H2,1-2H3. The van der Waals surface area contributed by atoms with Crippen molar-refractivity contribution in [1.29, 1.82) is 0 Å². The van der Waals surface area contributed by atoms with Crippen LogP contribution < -0.4 is 4.90 Å². The number of phenols is 1. The molecule has 1 saturated heterocycles. The Kier molecular flexibility index (Phi) is 5.28. The third-order valence-corrected chi connectivity index (χ3v) is 4.47. The van der Waals surface area contributed by atoms with Crippen LogP contribution in [0.15, 0.2) is 40.8 Å². The number of aryl methyl sites for hydroxylation is 1. The molecule has 1 aromatic carbocycles. The summed E-state index contributed by atoms with van der Waals surface area (Å²) in [6.45, 7) is 5.98. The highest BCUT2D eigenvalue weighted by Crippen LogP contribution is 2.20. The molecule has 2 heterocycles. The summed E-state index contributed by atoms with van der Waals surface area (Å²) in [4.78, 5) is 18.6. The fourth-order valence-corrected chi connectivity index (χ4v) is 3.10. The fourth-order valence-electron chi connectivity index (χ4n) is 3.10. The predicted octanol–water partition coefficient (Wildman–Crippen LogP) is 2.07. The summed E-state index contributed by atoms with van der Waals surface area (Å²) in [6.07, 6.45) is 0. The molecule has 1 aliphatic rings. The molecular weight excluding hydrogens is 318 g/mol. The third-order valence-electron chi connectivity index (χ3n) is 4.47. The molecule has 6 nitrogen and oxygen atoms in total. The van der Waals surface area contributed by atoms with Crippen molar-refractivity contribution in [2.24, 2.45) is 0 Å². The van der Waals surface area contributed by atoms with Crippen molar-refractivity contribution in [3.8, 4) is 5.75 Å². The highest BCUT2D eigenvalue weighted by Gasteiger charge is 2.22. The van der Waals surface area contributed by atoms with E-state index in [-0.39, 0.29) is 11.7 Å². The minimum atomic E-state index is 0.149. The number of nitrogens with zero attached hydrogens (tertiary/aromatic N) is 3. The van der Waals surface area contributed by atoms with Crippen molar-refractivity contribution in [3.63, 3.8) is 0 Å². The normalized spacial score (nSPS) is 15.0. The quantitative estimate of drug-likeness (QED) is 0.901. The number of hydrogen-bond acceptors (Lipinski definition) is 5. The van der Waals surface area contributed by atoms with Crippen molar-refractivity contribution < 1.29 is 14.3 Å². The van der Waals surface area contributed by atoms with Crippen molar-refractivity contribution in [1.82, 2.24) is 9.80 Å². The molecule has 0 spiro atoms. The molecule has 1 aliphatic heterocycles. The molecule has 0 bridgehead atoms. The topological polar surface area (TPSA) is 60.2 Å². The third kappa shape index (κ3) is 4.54. The smallest absolute Gasteiger partial charge is 0.236 e. The minimum Gasteiger partial charge on any atom is -0.508 e. The molecule has 0 radical (unpaired) electrons. The molecule has 1 fully saturated rings. The maximum Gasteiger partial charge on any atom is 0.236 e. The van der Waals surface area contributed by atoms with Gasteiger partial charge in [0, 0.05) is 31.9 Å². The number of phenolic OH excluding ortho intramolecular Hbond substituents is 1. The Morgan fingerprint density at radius 1 is 1.12 bits per heavy atom. The number of rotatable bonds is 5. The molecule has 2 aromatic rings. The number of furan rings is 1. The van der Waals surface area contributed by atoms with Crippen LogP contribution >= 0.6 is 0 Å². The van der Waals surface area contributed by atoms with E-state index in [0.717, 1.165) is 30.3 Å². The van der Waals surface area contributed by atoms with Gasteiger partial charge in [-0.2, -0.15) is 0 Å². The number of amides is 1. The van der Waals surface area contributed by atoms with Gasteiger partial charge in [-0.15, -0.1) is 0 Å². The van der Waals surface area contributed by atoms with E-state index in [1.165, 1.54) is 0 Å². The lowest BCUT2D eigenvalue weighted by Crippen LogP contribution is -2.51. The molecule has 0 unspecified atom stereocenters. The average molecular weight is 343 g/mol. The van der Waals surface area contributed by atoms with Gasteiger partial charge in [0.25, 0.3) is 0 Å². The molecule has 0 saturated carbocycles. The van der Waals surface area contributed by atoms with Crippen LogP contribution in [-0.4, -0.2) is 60.6 Å². The van der Waals surface area contributed by atoms with Crippen LogP contribution in [0.1, 0.15) is 11.5 Å². The van der Waals surface area contributed by atoms with Gasteiger partial charge in [-0.1, -0.05) is 0 Å². The Bertz CT molecular complexity index is 703. The minimum absolute atomic E-state index is 0.149. The van der Waals surface area contributed by atoms with E-state index in [4.69, 9.17) is 4.42 Å². The molecule has 0 aliphatic carbocycles. The summed E-state index contributed by atoms with van der Waals surface area (Å²) in [6, 6.07) is 11.1. The molecule has 0 atom stereocenters. The van der Waals surface area contributed by atoms with Crippen molar-refractivity contribution in [2.75, 3.05) is 44.7 Å². The highest BCUT2D eigenvalue weighted by atomic mass is 16.3. The molecule has 3 rings (SSSR count). The van der Waals surface area contributed by atoms with E-state index in [1.54, 1.807) is 12.1 Å². The molecular formula is C19H25N3O3. The number of carbonyl (C=O) groups excluding carboxylic acids is 1. The first-order valence-electron chi connectivity index (χ1n) is 8.57. The van der Waals surface area contributed by atoms with Gasteiger partial charge < -0.3 is 19.3 Å². The van der Waals surface area contributed by atoms with Crippen LogP contribution in [-0.2, 0) is 11.3 Å². The summed E-state index contributed by atoms with van der Waals surface area (Å²) in [5.41, 5.74) is 1.08. The lowest BCUT2D eigenvalue weighted by Gasteiger charge is -2.36. The summed E-state index contributed by atoms with van der Waals surface area (Å²) in [7, 11) is 1.93. The first kappa shape index (κ1) is 17.4. The number of piperazine rings is 1. The second kappa shape index (κ2) is 7.61. The molecule has 1 aromatic heterocycles. The summed E-state index contributed by atoms with van der Waals surface area (Å²) >= 11 is 0. The van der Waals surface area contributed by atoms with E-state index in [2.05, 4.69) is 4.90 Å². The Balaban J connectivity index is 1.47. The van der Waals surface area contributed by atoms with E-state index < -0.39 is 0 Å². The van der Waals surface area contributed by atoms with Crippen molar-refractivity contribution in [3.05, 3.63) is 47.9 Å². The lowest BCUT2D eigenvalue weighted by molar-refractivity contribution is -0.132. The summed E-state index contributed by atoms with van der Waals surface area (Å²) < 4.78 is 5.56. The first-order valence-corrected chi connectivity index (χ1v) is 8.57. The largest absolute Gasteiger partial charge is 0.508 e. The molecule has 134 valence electrons. The SMILES string of the molecule is Cc1ccc(CN(C)CC(=O)N2CCN(c3ccc(O)cc3)CC2)o1. The van der Waals surface area contributed by atoms with Crippen LogP contribution in [0.4, 0.5) is 5.69 Å². The van der Waals surface area contributed by atoms with Gasteiger partial charge in [0.05, 0.1) is 13.1 Å². The zero-order valence-corrected chi connectivity index (χ0v) is 14.8. The Hall–Kier alpha value is -2.47. The fraction of sp³-hybridized carbons (Fsp3) is 0.421. The monoisotopic (exact) mass is 343 g/mol. The van der Waals surface area contributed by atoms with Crippen LogP contribution in [0, 0.1) is 6.92 Å². The van der Waals surface area contributed by atoms with E-state index >= 15 is 0 Å². The van der Waals surface area contributed by atoms with E-state index in [9.17, 15) is 9.90 Å². The summed E-state index contributed by atoms with van der Waals surface area (Å²) in [5, 5.41) is 9.38. The van der Waals surface area contributed by atoms with Gasteiger partial charge in [0.1, 0.15) is 17.3 Å². The van der Waals surface area contributed by atoms with Gasteiger partial charge >= 0.3 is 0 Å². The second-order valence-electron chi connectivity index (χ2n) is 6.57. The Labute approximate surface area is 148 Å². The first-order chi connectivity index (χ1) is 12.0. The number of likely N-dealkylation sites (N-methyl/N-ethyl adjacent to an activating group) is 1. The maximum absolute atomic E-state index is 12.5. The lowest BCUT2D eigenvalue weighted by atomic mass is 10.2. The zero-order valence-electron chi connectivity index (χ0n) is 14.8. The average Bonchev–Trinajstić information content (AvgIpc) is 3.00. The zero-order chi connectivity index (χ0) is 17.8. The summed E-state index contributed by atoms with van der Waals surface area (Å²) in [5.74, 6) is 2.19. The Morgan fingerprint density at radius 3 is 2.40 bits per heavy atom.